The lowest BCUT2D eigenvalue weighted by atomic mass is 9.89. The molecular weight excluding hydrogens is 693 g/mol. The van der Waals surface area contributed by atoms with Crippen molar-refractivity contribution in [2.75, 3.05) is 18.9 Å². The summed E-state index contributed by atoms with van der Waals surface area (Å²) in [4.78, 5) is 2.35. The van der Waals surface area contributed by atoms with Crippen LogP contribution < -0.4 is 19.9 Å². The summed E-state index contributed by atoms with van der Waals surface area (Å²) >= 11 is 0. The SMILES string of the molecule is Nc1cc(C(CO)N(Cc2ccccc2)CC(c2ccc(OCc3ccccc3)cc2)c2ccc(OCc3ccccc3)cc2)ccc1OCc1ccccc1. The van der Waals surface area contributed by atoms with E-state index in [0.717, 1.165) is 50.4 Å². The molecule has 0 radical (unpaired) electrons. The number of anilines is 1. The Bertz CT molecular complexity index is 2110. The third kappa shape index (κ3) is 10.4. The molecule has 3 N–H and O–H groups in total. The van der Waals surface area contributed by atoms with E-state index in [-0.39, 0.29) is 18.6 Å². The number of hydrogen-bond donors (Lipinski definition) is 2. The van der Waals surface area contributed by atoms with Gasteiger partial charge in [0.2, 0.25) is 0 Å². The number of aliphatic hydroxyl groups excluding tert-OH is 1. The van der Waals surface area contributed by atoms with Crippen LogP contribution in [0.2, 0.25) is 0 Å². The molecule has 6 nitrogen and oxygen atoms in total. The molecule has 6 heteroatoms. The Kier molecular flexibility index (Phi) is 13.1. The zero-order valence-corrected chi connectivity index (χ0v) is 31.5. The number of nitrogen functional groups attached to an aromatic ring is 1. The van der Waals surface area contributed by atoms with E-state index in [9.17, 15) is 5.11 Å². The molecule has 0 bridgehead atoms. The van der Waals surface area contributed by atoms with Gasteiger partial charge in [0.25, 0.3) is 0 Å². The highest BCUT2D eigenvalue weighted by molar-refractivity contribution is 5.55. The average molecular weight is 741 g/mol. The first kappa shape index (κ1) is 38.0. The van der Waals surface area contributed by atoms with Gasteiger partial charge in [-0.1, -0.05) is 152 Å². The summed E-state index contributed by atoms with van der Waals surface area (Å²) in [5.74, 6) is 2.18. The Morgan fingerprint density at radius 3 is 1.30 bits per heavy atom. The number of nitrogens with zero attached hydrogens (tertiary/aromatic N) is 1. The van der Waals surface area contributed by atoms with E-state index in [4.69, 9.17) is 19.9 Å². The molecule has 1 atom stereocenters. The van der Waals surface area contributed by atoms with E-state index < -0.39 is 0 Å². The third-order valence-corrected chi connectivity index (χ3v) is 9.98. The molecular formula is C50H48N2O4. The van der Waals surface area contributed by atoms with Gasteiger partial charge >= 0.3 is 0 Å². The largest absolute Gasteiger partial charge is 0.489 e. The molecule has 282 valence electrons. The quantitative estimate of drug-likeness (QED) is 0.0854. The van der Waals surface area contributed by atoms with Crippen LogP contribution in [-0.2, 0) is 26.4 Å². The van der Waals surface area contributed by atoms with Crippen molar-refractivity contribution < 1.29 is 19.3 Å². The summed E-state index contributed by atoms with van der Waals surface area (Å²) in [6.07, 6.45) is 0. The van der Waals surface area contributed by atoms with Crippen molar-refractivity contribution in [1.29, 1.82) is 0 Å². The van der Waals surface area contributed by atoms with Crippen molar-refractivity contribution in [2.24, 2.45) is 0 Å². The predicted molar refractivity (Wildman–Crippen MR) is 225 cm³/mol. The Labute approximate surface area is 330 Å². The summed E-state index contributed by atoms with van der Waals surface area (Å²) in [5, 5.41) is 11.1. The van der Waals surface area contributed by atoms with Gasteiger partial charge in [0.05, 0.1) is 18.3 Å². The molecule has 7 aromatic rings. The van der Waals surface area contributed by atoms with Crippen LogP contribution in [0.3, 0.4) is 0 Å². The minimum Gasteiger partial charge on any atom is -0.489 e. The molecule has 0 aliphatic heterocycles. The molecule has 0 spiro atoms. The van der Waals surface area contributed by atoms with Crippen LogP contribution in [0, 0.1) is 0 Å². The van der Waals surface area contributed by atoms with Gasteiger partial charge in [-0.25, -0.2) is 0 Å². The van der Waals surface area contributed by atoms with Crippen molar-refractivity contribution in [2.45, 2.75) is 38.3 Å². The maximum Gasteiger partial charge on any atom is 0.142 e. The minimum atomic E-state index is -0.342. The number of aliphatic hydroxyl groups is 1. The summed E-state index contributed by atoms with van der Waals surface area (Å²) in [6.45, 7) is 2.54. The van der Waals surface area contributed by atoms with Crippen molar-refractivity contribution in [3.8, 4) is 17.2 Å². The van der Waals surface area contributed by atoms with Gasteiger partial charge in [0.15, 0.2) is 0 Å². The average Bonchev–Trinajstić information content (AvgIpc) is 3.26. The molecule has 7 rings (SSSR count). The Morgan fingerprint density at radius 2 is 0.875 bits per heavy atom. The summed E-state index contributed by atoms with van der Waals surface area (Å²) in [7, 11) is 0. The molecule has 0 heterocycles. The fourth-order valence-corrected chi connectivity index (χ4v) is 6.90. The molecule has 0 aliphatic carbocycles. The van der Waals surface area contributed by atoms with Gasteiger partial charge in [-0.3, -0.25) is 4.90 Å². The fraction of sp³-hybridized carbons (Fsp3) is 0.160. The molecule has 0 saturated carbocycles. The summed E-state index contributed by atoms with van der Waals surface area (Å²) in [5.41, 5.74) is 14.8. The molecule has 0 aliphatic rings. The van der Waals surface area contributed by atoms with Gasteiger partial charge in [-0.2, -0.15) is 0 Å². The second-order valence-electron chi connectivity index (χ2n) is 13.9. The molecule has 0 saturated heterocycles. The first-order valence-electron chi connectivity index (χ1n) is 19.1. The van der Waals surface area contributed by atoms with Crippen LogP contribution in [0.4, 0.5) is 5.69 Å². The van der Waals surface area contributed by atoms with E-state index in [0.29, 0.717) is 44.3 Å². The van der Waals surface area contributed by atoms with Gasteiger partial charge in [0.1, 0.15) is 37.1 Å². The second kappa shape index (κ2) is 19.3. The lowest BCUT2D eigenvalue weighted by Crippen LogP contribution is -2.35. The fourth-order valence-electron chi connectivity index (χ4n) is 6.90. The van der Waals surface area contributed by atoms with Crippen LogP contribution >= 0.6 is 0 Å². The second-order valence-corrected chi connectivity index (χ2v) is 13.9. The normalized spacial score (nSPS) is 11.7. The zero-order valence-electron chi connectivity index (χ0n) is 31.5. The highest BCUT2D eigenvalue weighted by Gasteiger charge is 2.26. The molecule has 7 aromatic carbocycles. The topological polar surface area (TPSA) is 77.2 Å². The van der Waals surface area contributed by atoms with Crippen molar-refractivity contribution >= 4 is 5.69 Å². The molecule has 0 fully saturated rings. The summed E-state index contributed by atoms with van der Waals surface area (Å²) < 4.78 is 18.4. The van der Waals surface area contributed by atoms with E-state index in [2.05, 4.69) is 77.7 Å². The maximum absolute atomic E-state index is 11.1. The minimum absolute atomic E-state index is 0.0510. The van der Waals surface area contributed by atoms with Crippen LogP contribution in [0.1, 0.15) is 50.9 Å². The van der Waals surface area contributed by atoms with Crippen molar-refractivity contribution in [3.05, 3.63) is 227 Å². The first-order chi connectivity index (χ1) is 27.6. The van der Waals surface area contributed by atoms with Gasteiger partial charge in [0, 0.05) is 19.0 Å². The Hall–Kier alpha value is -6.34. The van der Waals surface area contributed by atoms with E-state index >= 15 is 0 Å². The maximum atomic E-state index is 11.1. The van der Waals surface area contributed by atoms with Crippen LogP contribution in [0.15, 0.2) is 188 Å². The number of rotatable bonds is 18. The van der Waals surface area contributed by atoms with E-state index in [1.165, 1.54) is 0 Å². The molecule has 0 aromatic heterocycles. The number of benzene rings is 7. The third-order valence-electron chi connectivity index (χ3n) is 9.98. The Balaban J connectivity index is 1.17. The van der Waals surface area contributed by atoms with Gasteiger partial charge in [-0.15, -0.1) is 0 Å². The van der Waals surface area contributed by atoms with Crippen molar-refractivity contribution in [1.82, 2.24) is 4.90 Å². The van der Waals surface area contributed by atoms with Crippen LogP contribution in [0.5, 0.6) is 17.2 Å². The first-order valence-corrected chi connectivity index (χ1v) is 19.1. The number of hydrogen-bond acceptors (Lipinski definition) is 6. The lowest BCUT2D eigenvalue weighted by molar-refractivity contribution is 0.113. The number of nitrogens with two attached hydrogens (primary N) is 1. The highest BCUT2D eigenvalue weighted by atomic mass is 16.5. The molecule has 0 amide bonds. The number of ether oxygens (including phenoxy) is 3. The van der Waals surface area contributed by atoms with Gasteiger partial charge < -0.3 is 25.1 Å². The smallest absolute Gasteiger partial charge is 0.142 e. The predicted octanol–water partition coefficient (Wildman–Crippen LogP) is 10.4. The monoisotopic (exact) mass is 740 g/mol. The van der Waals surface area contributed by atoms with Gasteiger partial charge in [-0.05, 0) is 75.3 Å². The molecule has 1 unspecified atom stereocenters. The van der Waals surface area contributed by atoms with Crippen LogP contribution in [0.25, 0.3) is 0 Å². The lowest BCUT2D eigenvalue weighted by Gasteiger charge is -2.35. The van der Waals surface area contributed by atoms with E-state index in [1.807, 2.05) is 115 Å². The summed E-state index contributed by atoms with van der Waals surface area (Å²) in [6, 6.07) is 63.1. The van der Waals surface area contributed by atoms with Crippen LogP contribution in [-0.4, -0.2) is 23.2 Å². The Morgan fingerprint density at radius 1 is 0.464 bits per heavy atom. The molecule has 56 heavy (non-hydrogen) atoms. The highest BCUT2D eigenvalue weighted by Crippen LogP contribution is 2.35. The van der Waals surface area contributed by atoms with E-state index in [1.54, 1.807) is 0 Å². The zero-order chi connectivity index (χ0) is 38.4. The standard InChI is InChI=1S/C50H48N2O4/c51-48-31-44(25-30-50(48)56-37-41-19-11-4-12-20-41)49(34-53)52(32-38-13-5-1-6-14-38)33-47(42-21-26-45(27-22-42)54-35-39-15-7-2-8-16-39)43-23-28-46(29-24-43)55-36-40-17-9-3-10-18-40/h1-31,47,49,53H,32-37,51H2. The van der Waals surface area contributed by atoms with Crippen molar-refractivity contribution in [3.63, 3.8) is 0 Å².